The zero-order valence-electron chi connectivity index (χ0n) is 17.4. The average molecular weight is 392 g/mol. The van der Waals surface area contributed by atoms with Gasteiger partial charge >= 0.3 is 6.09 Å². The lowest BCUT2D eigenvalue weighted by atomic mass is 10.1. The highest BCUT2D eigenvalue weighted by Crippen LogP contribution is 2.21. The minimum Gasteiger partial charge on any atom is -0.497 e. The first kappa shape index (κ1) is 21.8. The predicted molar refractivity (Wildman–Crippen MR) is 111 cm³/mol. The largest absolute Gasteiger partial charge is 0.497 e. The van der Waals surface area contributed by atoms with Gasteiger partial charge in [-0.15, -0.1) is 0 Å². The van der Waals surface area contributed by atoms with Crippen LogP contribution in [-0.4, -0.2) is 75.3 Å². The maximum absolute atomic E-state index is 11.8. The summed E-state index contributed by atoms with van der Waals surface area (Å²) >= 11 is 0. The maximum Gasteiger partial charge on any atom is 0.409 e. The van der Waals surface area contributed by atoms with E-state index in [1.807, 2.05) is 45.3 Å². The molecule has 0 aliphatic carbocycles. The van der Waals surface area contributed by atoms with Crippen molar-refractivity contribution in [3.8, 4) is 5.75 Å². The van der Waals surface area contributed by atoms with Gasteiger partial charge in [-0.2, -0.15) is 0 Å². The molecule has 8 heteroatoms. The minimum absolute atomic E-state index is 0.122. The molecule has 0 bridgehead atoms. The Labute approximate surface area is 167 Å². The molecule has 1 aliphatic rings. The number of hydrogen-bond donors (Lipinski definition) is 2. The fourth-order valence-corrected chi connectivity index (χ4v) is 3.25. The van der Waals surface area contributed by atoms with E-state index in [0.717, 1.165) is 24.2 Å². The van der Waals surface area contributed by atoms with Crippen molar-refractivity contribution in [1.29, 1.82) is 0 Å². The van der Waals surface area contributed by atoms with Crippen LogP contribution in [0.25, 0.3) is 0 Å². The van der Waals surface area contributed by atoms with Gasteiger partial charge in [0.15, 0.2) is 5.96 Å². The van der Waals surface area contributed by atoms with Crippen LogP contribution in [0.5, 0.6) is 5.75 Å². The Bertz CT molecular complexity index is 640. The molecule has 1 atom stereocenters. The molecule has 8 nitrogen and oxygen atoms in total. The van der Waals surface area contributed by atoms with Crippen LogP contribution in [0.15, 0.2) is 29.3 Å². The van der Waals surface area contributed by atoms with Crippen molar-refractivity contribution in [1.82, 2.24) is 15.1 Å². The Morgan fingerprint density at radius 3 is 2.50 bits per heavy atom. The number of carbonyl (C=O) groups excluding carboxylic acids is 1. The van der Waals surface area contributed by atoms with Crippen LogP contribution in [0.1, 0.15) is 31.4 Å². The molecule has 156 valence electrons. The number of carbonyl (C=O) groups is 1. The van der Waals surface area contributed by atoms with Gasteiger partial charge in [0.05, 0.1) is 26.3 Å². The Morgan fingerprint density at radius 2 is 1.96 bits per heavy atom. The first-order valence-corrected chi connectivity index (χ1v) is 9.73. The molecule has 0 radical (unpaired) electrons. The van der Waals surface area contributed by atoms with Crippen molar-refractivity contribution >= 4 is 12.1 Å². The third kappa shape index (κ3) is 6.30. The summed E-state index contributed by atoms with van der Waals surface area (Å²) in [6, 6.07) is 8.34. The molecule has 0 aromatic heterocycles. The number of nitrogens with zero attached hydrogens (tertiary/aromatic N) is 3. The summed E-state index contributed by atoms with van der Waals surface area (Å²) in [5.74, 6) is 1.27. The number of likely N-dealkylation sites (N-methyl/N-ethyl adjacent to an activating group) is 1. The second kappa shape index (κ2) is 10.8. The number of aliphatic imine (C=N–C) groups is 1. The summed E-state index contributed by atoms with van der Waals surface area (Å²) in [5, 5.41) is 3.28. The van der Waals surface area contributed by atoms with Gasteiger partial charge in [0.2, 0.25) is 0 Å². The van der Waals surface area contributed by atoms with E-state index in [1.165, 1.54) is 0 Å². The van der Waals surface area contributed by atoms with Crippen LogP contribution in [0.4, 0.5) is 4.79 Å². The zero-order chi connectivity index (χ0) is 20.5. The van der Waals surface area contributed by atoms with E-state index in [9.17, 15) is 4.79 Å². The van der Waals surface area contributed by atoms with Gasteiger partial charge in [0.25, 0.3) is 0 Å². The molecule has 1 heterocycles. The number of likely N-dealkylation sites (tertiary alicyclic amines) is 1. The average Bonchev–Trinajstić information content (AvgIpc) is 2.69. The summed E-state index contributed by atoms with van der Waals surface area (Å²) in [7, 11) is 5.71. The molecule has 2 rings (SSSR count). The van der Waals surface area contributed by atoms with Gasteiger partial charge in [-0.3, -0.25) is 4.99 Å². The van der Waals surface area contributed by atoms with Crippen molar-refractivity contribution in [3.05, 3.63) is 29.8 Å². The summed E-state index contributed by atoms with van der Waals surface area (Å²) < 4.78 is 10.3. The SMILES string of the molecule is CCOC(=O)N1CCC(NC(N)=NCC(c2ccc(OC)cc2)N(C)C)CC1. The van der Waals surface area contributed by atoms with Crippen molar-refractivity contribution in [3.63, 3.8) is 0 Å². The molecule has 28 heavy (non-hydrogen) atoms. The highest BCUT2D eigenvalue weighted by atomic mass is 16.6. The Morgan fingerprint density at radius 1 is 1.32 bits per heavy atom. The van der Waals surface area contributed by atoms with Crippen LogP contribution in [-0.2, 0) is 4.74 Å². The predicted octanol–water partition coefficient (Wildman–Crippen LogP) is 1.82. The summed E-state index contributed by atoms with van der Waals surface area (Å²) in [6.07, 6.45) is 1.41. The van der Waals surface area contributed by atoms with Crippen molar-refractivity contribution in [2.45, 2.75) is 31.8 Å². The number of piperidine rings is 1. The van der Waals surface area contributed by atoms with Crippen molar-refractivity contribution in [2.75, 3.05) is 47.4 Å². The van der Waals surface area contributed by atoms with Crippen LogP contribution in [0.2, 0.25) is 0 Å². The number of rotatable bonds is 7. The van der Waals surface area contributed by atoms with Crippen molar-refractivity contribution in [2.24, 2.45) is 10.7 Å². The normalized spacial score (nSPS) is 16.8. The van der Waals surface area contributed by atoms with E-state index in [2.05, 4.69) is 15.2 Å². The highest BCUT2D eigenvalue weighted by Gasteiger charge is 2.23. The van der Waals surface area contributed by atoms with Gasteiger partial charge < -0.3 is 30.3 Å². The van der Waals surface area contributed by atoms with Crippen molar-refractivity contribution < 1.29 is 14.3 Å². The lowest BCUT2D eigenvalue weighted by Gasteiger charge is -2.32. The molecule has 0 spiro atoms. The van der Waals surface area contributed by atoms with Gasteiger partial charge in [-0.25, -0.2) is 4.79 Å². The number of nitrogens with two attached hydrogens (primary N) is 1. The highest BCUT2D eigenvalue weighted by molar-refractivity contribution is 5.78. The molecule has 1 aliphatic heterocycles. The lowest BCUT2D eigenvalue weighted by molar-refractivity contribution is 0.0963. The molecular weight excluding hydrogens is 358 g/mol. The molecule has 1 saturated heterocycles. The van der Waals surface area contributed by atoms with E-state index in [-0.39, 0.29) is 18.2 Å². The first-order chi connectivity index (χ1) is 13.4. The smallest absolute Gasteiger partial charge is 0.409 e. The fourth-order valence-electron chi connectivity index (χ4n) is 3.25. The number of methoxy groups -OCH3 is 1. The molecule has 3 N–H and O–H groups in total. The van der Waals surface area contributed by atoms with Crippen LogP contribution < -0.4 is 15.8 Å². The molecule has 1 unspecified atom stereocenters. The van der Waals surface area contributed by atoms with E-state index < -0.39 is 0 Å². The molecule has 0 saturated carbocycles. The van der Waals surface area contributed by atoms with E-state index in [1.54, 1.807) is 12.0 Å². The minimum atomic E-state index is -0.240. The molecule has 1 amide bonds. The Hall–Kier alpha value is -2.48. The van der Waals surface area contributed by atoms with Crippen LogP contribution in [0, 0.1) is 0 Å². The molecule has 1 fully saturated rings. The number of amides is 1. The first-order valence-electron chi connectivity index (χ1n) is 9.73. The van der Waals surface area contributed by atoms with E-state index >= 15 is 0 Å². The summed E-state index contributed by atoms with van der Waals surface area (Å²) in [4.78, 5) is 20.2. The van der Waals surface area contributed by atoms with Gasteiger partial charge in [-0.05, 0) is 51.6 Å². The Kier molecular flexibility index (Phi) is 8.38. The molecule has 1 aromatic carbocycles. The van der Waals surface area contributed by atoms with Crippen LogP contribution >= 0.6 is 0 Å². The van der Waals surface area contributed by atoms with E-state index in [4.69, 9.17) is 15.2 Å². The monoisotopic (exact) mass is 391 g/mol. The van der Waals surface area contributed by atoms with Gasteiger partial charge in [-0.1, -0.05) is 12.1 Å². The molecule has 1 aromatic rings. The van der Waals surface area contributed by atoms with Gasteiger partial charge in [0, 0.05) is 19.1 Å². The topological polar surface area (TPSA) is 92.4 Å². The zero-order valence-corrected chi connectivity index (χ0v) is 17.4. The number of nitrogens with one attached hydrogen (secondary N) is 1. The quantitative estimate of drug-likeness (QED) is 0.544. The second-order valence-electron chi connectivity index (χ2n) is 7.08. The van der Waals surface area contributed by atoms with Gasteiger partial charge in [0.1, 0.15) is 5.75 Å². The number of guanidine groups is 1. The Balaban J connectivity index is 1.87. The van der Waals surface area contributed by atoms with E-state index in [0.29, 0.717) is 32.2 Å². The number of ether oxygens (including phenoxy) is 2. The summed E-state index contributed by atoms with van der Waals surface area (Å²) in [5.41, 5.74) is 7.27. The fraction of sp³-hybridized carbons (Fsp3) is 0.600. The summed E-state index contributed by atoms with van der Waals surface area (Å²) in [6.45, 7) is 4.10. The third-order valence-corrected chi connectivity index (χ3v) is 4.93. The third-order valence-electron chi connectivity index (χ3n) is 4.93. The molecular formula is C20H33N5O3. The maximum atomic E-state index is 11.8. The number of hydrogen-bond acceptors (Lipinski definition) is 5. The standard InChI is InChI=1S/C20H33N5O3/c1-5-28-20(26)25-12-10-16(11-13-25)23-19(21)22-14-18(24(2)3)15-6-8-17(27-4)9-7-15/h6-9,16,18H,5,10-14H2,1-4H3,(H3,21,22,23). The lowest BCUT2D eigenvalue weighted by Crippen LogP contribution is -2.48. The van der Waals surface area contributed by atoms with Crippen LogP contribution in [0.3, 0.4) is 0 Å². The number of benzene rings is 1. The second-order valence-corrected chi connectivity index (χ2v) is 7.08.